The molecular weight excluding hydrogens is 393 g/mol. The number of carbonyl (C=O) groups is 1. The molecule has 0 bridgehead atoms. The zero-order chi connectivity index (χ0) is 21.4. The van der Waals surface area contributed by atoms with Gasteiger partial charge in [-0.3, -0.25) is 14.6 Å². The van der Waals surface area contributed by atoms with Crippen LogP contribution in [0.1, 0.15) is 10.4 Å². The molecule has 0 atom stereocenters. The van der Waals surface area contributed by atoms with Gasteiger partial charge in [0.25, 0.3) is 5.91 Å². The molecule has 0 spiro atoms. The van der Waals surface area contributed by atoms with E-state index in [1.165, 1.54) is 18.2 Å². The molecule has 2 aromatic heterocycles. The van der Waals surface area contributed by atoms with Gasteiger partial charge in [0.15, 0.2) is 0 Å². The number of aryl methyl sites for hydroxylation is 1. The number of aromatic nitrogens is 4. The van der Waals surface area contributed by atoms with E-state index in [4.69, 9.17) is 0 Å². The molecular formula is C24H18FN5O. The van der Waals surface area contributed by atoms with Crippen LogP contribution in [0.3, 0.4) is 0 Å². The third kappa shape index (κ3) is 3.69. The first-order valence-electron chi connectivity index (χ1n) is 9.71. The summed E-state index contributed by atoms with van der Waals surface area (Å²) in [5.74, 6) is -0.804. The normalized spacial score (nSPS) is 11.0. The highest BCUT2D eigenvalue weighted by molar-refractivity contribution is 6.04. The van der Waals surface area contributed by atoms with Crippen LogP contribution in [0.4, 0.5) is 10.1 Å². The molecule has 0 aliphatic carbocycles. The Balaban J connectivity index is 1.43. The van der Waals surface area contributed by atoms with E-state index in [1.54, 1.807) is 23.0 Å². The molecule has 0 aliphatic rings. The number of amides is 1. The average molecular weight is 411 g/mol. The fourth-order valence-electron chi connectivity index (χ4n) is 3.57. The standard InChI is InChI=1S/C24H18FN5O/c1-30-14-18(13-26-30)23-21-9-8-16(12-22(21)28-29-23)15-4-3-7-20(11-15)27-24(31)17-5-2-6-19(25)10-17/h2-14H,1H3,(H,27,31)(H,28,29). The predicted molar refractivity (Wildman–Crippen MR) is 118 cm³/mol. The number of fused-ring (bicyclic) bond motifs is 1. The lowest BCUT2D eigenvalue weighted by Crippen LogP contribution is -2.12. The van der Waals surface area contributed by atoms with Crippen molar-refractivity contribution in [3.8, 4) is 22.4 Å². The molecule has 0 saturated heterocycles. The Morgan fingerprint density at radius 2 is 1.84 bits per heavy atom. The smallest absolute Gasteiger partial charge is 0.255 e. The molecule has 152 valence electrons. The molecule has 0 radical (unpaired) electrons. The summed E-state index contributed by atoms with van der Waals surface area (Å²) in [5, 5.41) is 15.6. The van der Waals surface area contributed by atoms with Gasteiger partial charge in [0.1, 0.15) is 11.5 Å². The third-order valence-electron chi connectivity index (χ3n) is 5.08. The number of anilines is 1. The molecule has 5 aromatic rings. The summed E-state index contributed by atoms with van der Waals surface area (Å²) in [7, 11) is 1.87. The van der Waals surface area contributed by atoms with Crippen LogP contribution >= 0.6 is 0 Å². The highest BCUT2D eigenvalue weighted by Gasteiger charge is 2.12. The van der Waals surface area contributed by atoms with Crippen molar-refractivity contribution >= 4 is 22.5 Å². The SMILES string of the molecule is Cn1cc(-c2n[nH]c3cc(-c4cccc(NC(=O)c5cccc(F)c5)c4)ccc23)cn1. The lowest BCUT2D eigenvalue weighted by Gasteiger charge is -2.08. The quantitative estimate of drug-likeness (QED) is 0.436. The highest BCUT2D eigenvalue weighted by atomic mass is 19.1. The minimum Gasteiger partial charge on any atom is -0.322 e. The maximum Gasteiger partial charge on any atom is 0.255 e. The Morgan fingerprint density at radius 3 is 2.65 bits per heavy atom. The van der Waals surface area contributed by atoms with Gasteiger partial charge < -0.3 is 5.32 Å². The first kappa shape index (κ1) is 18.7. The third-order valence-corrected chi connectivity index (χ3v) is 5.08. The van der Waals surface area contributed by atoms with Gasteiger partial charge in [0.2, 0.25) is 0 Å². The van der Waals surface area contributed by atoms with Gasteiger partial charge >= 0.3 is 0 Å². The maximum atomic E-state index is 13.4. The molecule has 0 aliphatic heterocycles. The molecule has 2 heterocycles. The monoisotopic (exact) mass is 411 g/mol. The van der Waals surface area contributed by atoms with Crippen LogP contribution in [-0.4, -0.2) is 25.9 Å². The molecule has 6 nitrogen and oxygen atoms in total. The summed E-state index contributed by atoms with van der Waals surface area (Å²) >= 11 is 0. The van der Waals surface area contributed by atoms with E-state index in [9.17, 15) is 9.18 Å². The Morgan fingerprint density at radius 1 is 1.00 bits per heavy atom. The lowest BCUT2D eigenvalue weighted by molar-refractivity contribution is 0.102. The maximum absolute atomic E-state index is 13.4. The molecule has 2 N–H and O–H groups in total. The summed E-state index contributed by atoms with van der Waals surface area (Å²) in [6, 6.07) is 19.2. The number of nitrogens with zero attached hydrogens (tertiary/aromatic N) is 3. The Hall–Kier alpha value is -4.26. The number of benzene rings is 3. The van der Waals surface area contributed by atoms with E-state index in [-0.39, 0.29) is 11.5 Å². The minimum atomic E-state index is -0.445. The number of halogens is 1. The van der Waals surface area contributed by atoms with Crippen LogP contribution in [0, 0.1) is 5.82 Å². The van der Waals surface area contributed by atoms with Crippen molar-refractivity contribution in [3.63, 3.8) is 0 Å². The van der Waals surface area contributed by atoms with Crippen molar-refractivity contribution in [1.82, 2.24) is 20.0 Å². The average Bonchev–Trinajstić information content (AvgIpc) is 3.39. The molecule has 0 fully saturated rings. The van der Waals surface area contributed by atoms with Crippen LogP contribution in [-0.2, 0) is 7.05 Å². The van der Waals surface area contributed by atoms with E-state index in [1.807, 2.05) is 49.6 Å². The van der Waals surface area contributed by atoms with Gasteiger partial charge in [-0.25, -0.2) is 4.39 Å². The predicted octanol–water partition coefficient (Wildman–Crippen LogP) is 5.02. The van der Waals surface area contributed by atoms with E-state index < -0.39 is 5.82 Å². The number of hydrogen-bond acceptors (Lipinski definition) is 3. The molecule has 1 amide bonds. The van der Waals surface area contributed by atoms with Crippen LogP contribution in [0.25, 0.3) is 33.3 Å². The molecule has 3 aromatic carbocycles. The largest absolute Gasteiger partial charge is 0.322 e. The number of H-pyrrole nitrogens is 1. The number of nitrogens with one attached hydrogen (secondary N) is 2. The van der Waals surface area contributed by atoms with Crippen molar-refractivity contribution in [2.24, 2.45) is 7.05 Å². The van der Waals surface area contributed by atoms with Crippen LogP contribution in [0.2, 0.25) is 0 Å². The molecule has 0 unspecified atom stereocenters. The first-order chi connectivity index (χ1) is 15.1. The summed E-state index contributed by atoms with van der Waals surface area (Å²) in [4.78, 5) is 12.4. The number of rotatable bonds is 4. The number of aromatic amines is 1. The van der Waals surface area contributed by atoms with Gasteiger partial charge in [-0.05, 0) is 53.6 Å². The van der Waals surface area contributed by atoms with Crippen molar-refractivity contribution in [2.45, 2.75) is 0 Å². The van der Waals surface area contributed by atoms with E-state index >= 15 is 0 Å². The zero-order valence-corrected chi connectivity index (χ0v) is 16.6. The highest BCUT2D eigenvalue weighted by Crippen LogP contribution is 2.30. The lowest BCUT2D eigenvalue weighted by atomic mass is 10.0. The van der Waals surface area contributed by atoms with Gasteiger partial charge in [0.05, 0.1) is 11.7 Å². The van der Waals surface area contributed by atoms with Gasteiger partial charge in [0, 0.05) is 35.4 Å². The molecule has 5 rings (SSSR count). The van der Waals surface area contributed by atoms with E-state index in [2.05, 4.69) is 20.6 Å². The number of hydrogen-bond donors (Lipinski definition) is 2. The zero-order valence-electron chi connectivity index (χ0n) is 16.6. The second-order valence-corrected chi connectivity index (χ2v) is 7.28. The van der Waals surface area contributed by atoms with E-state index in [0.29, 0.717) is 5.69 Å². The fourth-order valence-corrected chi connectivity index (χ4v) is 3.57. The second kappa shape index (κ2) is 7.53. The van der Waals surface area contributed by atoms with Crippen molar-refractivity contribution in [3.05, 3.63) is 90.5 Å². The van der Waals surface area contributed by atoms with Crippen LogP contribution in [0.5, 0.6) is 0 Å². The van der Waals surface area contributed by atoms with Crippen LogP contribution < -0.4 is 5.32 Å². The summed E-state index contributed by atoms with van der Waals surface area (Å²) in [6.45, 7) is 0. The van der Waals surface area contributed by atoms with Crippen molar-refractivity contribution < 1.29 is 9.18 Å². The molecule has 7 heteroatoms. The Labute approximate surface area is 177 Å². The number of carbonyl (C=O) groups excluding carboxylic acids is 1. The van der Waals surface area contributed by atoms with Gasteiger partial charge in [-0.1, -0.05) is 24.3 Å². The Kier molecular flexibility index (Phi) is 4.55. The first-order valence-corrected chi connectivity index (χ1v) is 9.71. The van der Waals surface area contributed by atoms with Crippen LogP contribution in [0.15, 0.2) is 79.1 Å². The minimum absolute atomic E-state index is 0.271. The van der Waals surface area contributed by atoms with Crippen molar-refractivity contribution in [1.29, 1.82) is 0 Å². The molecule has 31 heavy (non-hydrogen) atoms. The van der Waals surface area contributed by atoms with Gasteiger partial charge in [-0.2, -0.15) is 10.2 Å². The van der Waals surface area contributed by atoms with E-state index in [0.717, 1.165) is 33.3 Å². The van der Waals surface area contributed by atoms with Gasteiger partial charge in [-0.15, -0.1) is 0 Å². The topological polar surface area (TPSA) is 75.6 Å². The Bertz CT molecular complexity index is 1420. The summed E-state index contributed by atoms with van der Waals surface area (Å²) in [6.07, 6.45) is 3.71. The van der Waals surface area contributed by atoms with Crippen molar-refractivity contribution in [2.75, 3.05) is 5.32 Å². The second-order valence-electron chi connectivity index (χ2n) is 7.28. The molecule has 0 saturated carbocycles. The summed E-state index contributed by atoms with van der Waals surface area (Å²) in [5.41, 5.74) is 5.53. The fraction of sp³-hybridized carbons (Fsp3) is 0.0417. The summed E-state index contributed by atoms with van der Waals surface area (Å²) < 4.78 is 15.1.